The molecule has 2 nitrogen and oxygen atoms in total. The largest absolute Gasteiger partial charge is 0.573 e. The van der Waals surface area contributed by atoms with Gasteiger partial charge in [0.05, 0.1) is 0 Å². The van der Waals surface area contributed by atoms with Gasteiger partial charge in [-0.15, -0.1) is 13.2 Å². The van der Waals surface area contributed by atoms with Gasteiger partial charge >= 0.3 is 6.36 Å². The quantitative estimate of drug-likeness (QED) is 0.780. The van der Waals surface area contributed by atoms with Gasteiger partial charge in [-0.1, -0.05) is 6.07 Å². The van der Waals surface area contributed by atoms with Crippen LogP contribution in [0.2, 0.25) is 0 Å². The monoisotopic (exact) mass is 217 g/mol. The smallest absolute Gasteiger partial charge is 0.406 e. The minimum Gasteiger partial charge on any atom is -0.406 e. The number of alkyl halides is 3. The standard InChI is InChI=1S/C10H10F3NO/c11-10(12,13)15-8-4-3-7-2-1-5-14-9(7)6-8/h3-4,6,14H,1-2,5H2. The van der Waals surface area contributed by atoms with Crippen LogP contribution in [0.25, 0.3) is 0 Å². The van der Waals surface area contributed by atoms with Gasteiger partial charge in [-0.3, -0.25) is 0 Å². The van der Waals surface area contributed by atoms with Crippen LogP contribution in [-0.2, 0) is 6.42 Å². The van der Waals surface area contributed by atoms with Gasteiger partial charge in [-0.05, 0) is 24.5 Å². The summed E-state index contributed by atoms with van der Waals surface area (Å²) in [6.07, 6.45) is -2.72. The summed E-state index contributed by atoms with van der Waals surface area (Å²) in [6, 6.07) is 4.41. The van der Waals surface area contributed by atoms with Crippen LogP contribution in [0.4, 0.5) is 18.9 Å². The molecule has 0 radical (unpaired) electrons. The summed E-state index contributed by atoms with van der Waals surface area (Å²) in [5.74, 6) is -0.171. The lowest BCUT2D eigenvalue weighted by molar-refractivity contribution is -0.274. The zero-order chi connectivity index (χ0) is 10.9. The molecule has 1 aliphatic rings. The van der Waals surface area contributed by atoms with Crippen molar-refractivity contribution in [2.45, 2.75) is 19.2 Å². The van der Waals surface area contributed by atoms with Crippen molar-refractivity contribution in [1.82, 2.24) is 0 Å². The number of benzene rings is 1. The van der Waals surface area contributed by atoms with Crippen molar-refractivity contribution in [2.24, 2.45) is 0 Å². The summed E-state index contributed by atoms with van der Waals surface area (Å²) >= 11 is 0. The molecule has 82 valence electrons. The first-order valence-electron chi connectivity index (χ1n) is 4.67. The third-order valence-corrected chi connectivity index (χ3v) is 2.25. The van der Waals surface area contributed by atoms with Crippen LogP contribution in [0, 0.1) is 0 Å². The molecule has 0 bridgehead atoms. The van der Waals surface area contributed by atoms with E-state index in [9.17, 15) is 13.2 Å². The van der Waals surface area contributed by atoms with Gasteiger partial charge in [0.2, 0.25) is 0 Å². The van der Waals surface area contributed by atoms with Crippen LogP contribution < -0.4 is 10.1 Å². The molecule has 0 saturated carbocycles. The van der Waals surface area contributed by atoms with Crippen LogP contribution in [-0.4, -0.2) is 12.9 Å². The molecule has 0 fully saturated rings. The van der Waals surface area contributed by atoms with E-state index in [1.54, 1.807) is 6.07 Å². The first-order valence-corrected chi connectivity index (χ1v) is 4.67. The number of halogens is 3. The van der Waals surface area contributed by atoms with E-state index < -0.39 is 6.36 Å². The van der Waals surface area contributed by atoms with Crippen molar-refractivity contribution in [1.29, 1.82) is 0 Å². The second-order valence-corrected chi connectivity index (χ2v) is 3.40. The average Bonchev–Trinajstić information content (AvgIpc) is 2.15. The van der Waals surface area contributed by atoms with E-state index in [0.29, 0.717) is 0 Å². The van der Waals surface area contributed by atoms with Crippen molar-refractivity contribution in [3.05, 3.63) is 23.8 Å². The zero-order valence-electron chi connectivity index (χ0n) is 7.90. The summed E-state index contributed by atoms with van der Waals surface area (Å²) in [6.45, 7) is 0.794. The van der Waals surface area contributed by atoms with E-state index in [2.05, 4.69) is 10.1 Å². The Kier molecular flexibility index (Phi) is 2.46. The Morgan fingerprint density at radius 3 is 2.80 bits per heavy atom. The fourth-order valence-electron chi connectivity index (χ4n) is 1.64. The highest BCUT2D eigenvalue weighted by Gasteiger charge is 2.31. The van der Waals surface area contributed by atoms with Gasteiger partial charge in [0.15, 0.2) is 0 Å². The van der Waals surface area contributed by atoms with E-state index in [1.807, 2.05) is 0 Å². The van der Waals surface area contributed by atoms with E-state index in [1.165, 1.54) is 12.1 Å². The summed E-state index contributed by atoms with van der Waals surface area (Å²) in [5, 5.41) is 3.04. The molecule has 5 heteroatoms. The highest BCUT2D eigenvalue weighted by molar-refractivity contribution is 5.56. The minimum atomic E-state index is -4.62. The first-order chi connectivity index (χ1) is 7.04. The average molecular weight is 217 g/mol. The van der Waals surface area contributed by atoms with Crippen LogP contribution in [0.15, 0.2) is 18.2 Å². The van der Waals surface area contributed by atoms with Crippen LogP contribution in [0.5, 0.6) is 5.75 Å². The van der Waals surface area contributed by atoms with Crippen molar-refractivity contribution in [2.75, 3.05) is 11.9 Å². The molecular weight excluding hydrogens is 207 g/mol. The number of anilines is 1. The number of nitrogens with one attached hydrogen (secondary N) is 1. The Bertz CT molecular complexity index is 362. The maximum atomic E-state index is 11.9. The Hall–Kier alpha value is -1.39. The minimum absolute atomic E-state index is 0.171. The lowest BCUT2D eigenvalue weighted by atomic mass is 10.0. The number of fused-ring (bicyclic) bond motifs is 1. The van der Waals surface area contributed by atoms with Crippen molar-refractivity contribution in [3.8, 4) is 5.75 Å². The second kappa shape index (κ2) is 3.64. The fourth-order valence-corrected chi connectivity index (χ4v) is 1.64. The highest BCUT2D eigenvalue weighted by Crippen LogP contribution is 2.29. The molecule has 0 saturated heterocycles. The van der Waals surface area contributed by atoms with Crippen LogP contribution >= 0.6 is 0 Å². The maximum Gasteiger partial charge on any atom is 0.573 e. The molecule has 0 aliphatic carbocycles. The van der Waals surface area contributed by atoms with Gasteiger partial charge in [0, 0.05) is 18.3 Å². The van der Waals surface area contributed by atoms with Gasteiger partial charge < -0.3 is 10.1 Å². The van der Waals surface area contributed by atoms with Crippen molar-refractivity contribution >= 4 is 5.69 Å². The molecule has 1 aliphatic heterocycles. The van der Waals surface area contributed by atoms with Crippen molar-refractivity contribution in [3.63, 3.8) is 0 Å². The SMILES string of the molecule is FC(F)(F)Oc1ccc2c(c1)NCCC2. The van der Waals surface area contributed by atoms with Crippen LogP contribution in [0.1, 0.15) is 12.0 Å². The van der Waals surface area contributed by atoms with Gasteiger partial charge in [-0.25, -0.2) is 0 Å². The molecule has 1 aromatic carbocycles. The zero-order valence-corrected chi connectivity index (χ0v) is 7.90. The lowest BCUT2D eigenvalue weighted by Crippen LogP contribution is -2.18. The van der Waals surface area contributed by atoms with Crippen LogP contribution in [0.3, 0.4) is 0 Å². The molecule has 1 heterocycles. The molecule has 0 spiro atoms. The number of rotatable bonds is 1. The molecule has 0 unspecified atom stereocenters. The third-order valence-electron chi connectivity index (χ3n) is 2.25. The lowest BCUT2D eigenvalue weighted by Gasteiger charge is -2.19. The number of hydrogen-bond acceptors (Lipinski definition) is 2. The summed E-state index contributed by atoms with van der Waals surface area (Å²) < 4.78 is 39.6. The van der Waals surface area contributed by atoms with Gasteiger partial charge in [0.25, 0.3) is 0 Å². The number of hydrogen-bond donors (Lipinski definition) is 1. The Morgan fingerprint density at radius 1 is 1.27 bits per heavy atom. The summed E-state index contributed by atoms with van der Waals surface area (Å²) in [7, 11) is 0. The molecule has 0 amide bonds. The molecule has 0 aromatic heterocycles. The molecule has 2 rings (SSSR count). The predicted octanol–water partition coefficient (Wildman–Crippen LogP) is 2.94. The van der Waals surface area contributed by atoms with Gasteiger partial charge in [-0.2, -0.15) is 0 Å². The molecule has 1 aromatic rings. The maximum absolute atomic E-state index is 11.9. The molecule has 1 N–H and O–H groups in total. The Labute approximate surface area is 85.0 Å². The first kappa shape index (κ1) is 10.1. The second-order valence-electron chi connectivity index (χ2n) is 3.40. The van der Waals surface area contributed by atoms with E-state index in [-0.39, 0.29) is 5.75 Å². The van der Waals surface area contributed by atoms with E-state index in [4.69, 9.17) is 0 Å². The normalized spacial score (nSPS) is 15.4. The molecular formula is C10H10F3NO. The van der Waals surface area contributed by atoms with Gasteiger partial charge in [0.1, 0.15) is 5.75 Å². The summed E-state index contributed by atoms with van der Waals surface area (Å²) in [5.41, 5.74) is 1.78. The third kappa shape index (κ3) is 2.55. The Balaban J connectivity index is 2.21. The summed E-state index contributed by atoms with van der Waals surface area (Å²) in [4.78, 5) is 0. The topological polar surface area (TPSA) is 21.3 Å². The van der Waals surface area contributed by atoms with E-state index >= 15 is 0 Å². The number of aryl methyl sites for hydroxylation is 1. The van der Waals surface area contributed by atoms with E-state index in [0.717, 1.165) is 30.6 Å². The predicted molar refractivity (Wildman–Crippen MR) is 49.9 cm³/mol. The molecule has 15 heavy (non-hydrogen) atoms. The fraction of sp³-hybridized carbons (Fsp3) is 0.400. The highest BCUT2D eigenvalue weighted by atomic mass is 19.4. The van der Waals surface area contributed by atoms with Crippen molar-refractivity contribution < 1.29 is 17.9 Å². The Morgan fingerprint density at radius 2 is 2.07 bits per heavy atom. The number of ether oxygens (including phenoxy) is 1. The molecule has 0 atom stereocenters.